The van der Waals surface area contributed by atoms with Gasteiger partial charge >= 0.3 is 6.03 Å². The molecule has 3 N–H and O–H groups in total. The molecule has 0 bridgehead atoms. The van der Waals surface area contributed by atoms with E-state index in [2.05, 4.69) is 21.2 Å². The van der Waals surface area contributed by atoms with E-state index in [9.17, 15) is 13.6 Å². The fourth-order valence-corrected chi connectivity index (χ4v) is 2.60. The molecule has 2 amide bonds. The number of aromatic nitrogens is 1. The number of nitrogens with zero attached hydrogens (tertiary/aromatic N) is 1. The molecule has 5 nitrogen and oxygen atoms in total. The van der Waals surface area contributed by atoms with Crippen LogP contribution in [0.2, 0.25) is 0 Å². The summed E-state index contributed by atoms with van der Waals surface area (Å²) in [6, 6.07) is 9.71. The molecule has 1 heterocycles. The zero-order valence-corrected chi connectivity index (χ0v) is 11.9. The van der Waals surface area contributed by atoms with Gasteiger partial charge in [-0.1, -0.05) is 23.5 Å². The smallest absolute Gasteiger partial charge is 0.304 e. The van der Waals surface area contributed by atoms with Crippen molar-refractivity contribution in [2.24, 2.45) is 0 Å². The Hall–Kier alpha value is -2.74. The number of urea groups is 1. The first kappa shape index (κ1) is 14.2. The highest BCUT2D eigenvalue weighted by Crippen LogP contribution is 2.24. The molecule has 8 heteroatoms. The maximum absolute atomic E-state index is 13.4. The summed E-state index contributed by atoms with van der Waals surface area (Å²) >= 11 is 1.36. The molecule has 0 aliphatic rings. The van der Waals surface area contributed by atoms with Crippen LogP contribution in [-0.4, -0.2) is 11.0 Å². The molecule has 0 aliphatic heterocycles. The minimum absolute atomic E-state index is 0.120. The lowest BCUT2D eigenvalue weighted by Crippen LogP contribution is -2.33. The van der Waals surface area contributed by atoms with Gasteiger partial charge in [0.1, 0.15) is 11.6 Å². The van der Waals surface area contributed by atoms with Gasteiger partial charge in [0.15, 0.2) is 0 Å². The summed E-state index contributed by atoms with van der Waals surface area (Å²) in [5.41, 5.74) is 5.66. The molecule has 0 aliphatic carbocycles. The lowest BCUT2D eigenvalue weighted by molar-refractivity contribution is 0.253. The van der Waals surface area contributed by atoms with Gasteiger partial charge in [0.25, 0.3) is 0 Å². The maximum Gasteiger partial charge on any atom is 0.337 e. The molecule has 0 saturated carbocycles. The summed E-state index contributed by atoms with van der Waals surface area (Å²) < 4.78 is 27.1. The van der Waals surface area contributed by atoms with Gasteiger partial charge in [-0.15, -0.1) is 0 Å². The molecule has 3 aromatic rings. The monoisotopic (exact) mass is 320 g/mol. The van der Waals surface area contributed by atoms with Crippen LogP contribution in [0.25, 0.3) is 10.2 Å². The van der Waals surface area contributed by atoms with E-state index >= 15 is 0 Å². The van der Waals surface area contributed by atoms with Crippen molar-refractivity contribution in [3.63, 3.8) is 0 Å². The number of carbonyl (C=O) groups is 1. The van der Waals surface area contributed by atoms with Crippen molar-refractivity contribution in [3.8, 4) is 0 Å². The second kappa shape index (κ2) is 5.94. The molecule has 0 saturated heterocycles. The number of nitrogens with one attached hydrogen (secondary N) is 3. The Labute approximate surface area is 128 Å². The standard InChI is InChI=1S/C14H10F2N4OS/c15-8-5-6-10(9(16)7-8)17-13(21)19-20-14-18-11-3-1-2-4-12(11)22-14/h1-7H,(H,18,20)(H2,17,19,21). The molecule has 0 spiro atoms. The highest BCUT2D eigenvalue weighted by Gasteiger charge is 2.08. The van der Waals surface area contributed by atoms with Gasteiger partial charge in [0, 0.05) is 6.07 Å². The first-order valence-electron chi connectivity index (χ1n) is 6.25. The summed E-state index contributed by atoms with van der Waals surface area (Å²) in [5, 5.41) is 2.76. The Morgan fingerprint density at radius 3 is 2.73 bits per heavy atom. The highest BCUT2D eigenvalue weighted by atomic mass is 32.1. The third-order valence-corrected chi connectivity index (χ3v) is 3.71. The van der Waals surface area contributed by atoms with Gasteiger partial charge < -0.3 is 5.32 Å². The molecule has 0 unspecified atom stereocenters. The van der Waals surface area contributed by atoms with E-state index in [0.29, 0.717) is 11.2 Å². The van der Waals surface area contributed by atoms with Crippen molar-refractivity contribution in [2.75, 3.05) is 10.7 Å². The molecule has 0 fully saturated rings. The lowest BCUT2D eigenvalue weighted by atomic mass is 10.3. The van der Waals surface area contributed by atoms with Crippen LogP contribution in [0.5, 0.6) is 0 Å². The lowest BCUT2D eigenvalue weighted by Gasteiger charge is -2.08. The van der Waals surface area contributed by atoms with E-state index in [-0.39, 0.29) is 5.69 Å². The number of amides is 2. The zero-order valence-electron chi connectivity index (χ0n) is 11.1. The van der Waals surface area contributed by atoms with Crippen molar-refractivity contribution in [3.05, 3.63) is 54.1 Å². The summed E-state index contributed by atoms with van der Waals surface area (Å²) in [5.74, 6) is -1.56. The van der Waals surface area contributed by atoms with E-state index in [1.165, 1.54) is 11.3 Å². The third kappa shape index (κ3) is 3.12. The van der Waals surface area contributed by atoms with E-state index in [0.717, 1.165) is 22.3 Å². The molecular weight excluding hydrogens is 310 g/mol. The average Bonchev–Trinajstić information content (AvgIpc) is 2.91. The molecule has 2 aromatic carbocycles. The number of rotatable bonds is 3. The van der Waals surface area contributed by atoms with Crippen LogP contribution >= 0.6 is 11.3 Å². The number of hydrogen-bond acceptors (Lipinski definition) is 4. The second-order valence-corrected chi connectivity index (χ2v) is 5.35. The minimum Gasteiger partial charge on any atom is -0.304 e. The van der Waals surface area contributed by atoms with Crippen LogP contribution in [0.4, 0.5) is 24.4 Å². The molecule has 3 rings (SSSR count). The number of para-hydroxylation sites is 1. The minimum atomic E-state index is -0.852. The van der Waals surface area contributed by atoms with Crippen molar-refractivity contribution in [1.82, 2.24) is 10.4 Å². The van der Waals surface area contributed by atoms with Crippen LogP contribution in [0, 0.1) is 11.6 Å². The number of carbonyl (C=O) groups excluding carboxylic acids is 1. The molecule has 112 valence electrons. The Balaban J connectivity index is 1.62. The van der Waals surface area contributed by atoms with Gasteiger partial charge in [-0.25, -0.2) is 24.0 Å². The Kier molecular flexibility index (Phi) is 3.84. The van der Waals surface area contributed by atoms with Gasteiger partial charge in [-0.2, -0.15) is 0 Å². The van der Waals surface area contributed by atoms with Gasteiger partial charge in [0.05, 0.1) is 15.9 Å². The summed E-state index contributed by atoms with van der Waals surface area (Å²) in [4.78, 5) is 15.9. The fourth-order valence-electron chi connectivity index (χ4n) is 1.78. The van der Waals surface area contributed by atoms with Crippen molar-refractivity contribution in [1.29, 1.82) is 0 Å². The molecule has 0 radical (unpaired) electrons. The number of benzene rings is 2. The number of hydrazine groups is 1. The number of fused-ring (bicyclic) bond motifs is 1. The van der Waals surface area contributed by atoms with Crippen LogP contribution in [0.3, 0.4) is 0 Å². The quantitative estimate of drug-likeness (QED) is 0.644. The van der Waals surface area contributed by atoms with Crippen LogP contribution in [0.15, 0.2) is 42.5 Å². The summed E-state index contributed by atoms with van der Waals surface area (Å²) in [6.07, 6.45) is 0. The fraction of sp³-hybridized carbons (Fsp3) is 0. The molecule has 22 heavy (non-hydrogen) atoms. The number of hydrogen-bond donors (Lipinski definition) is 3. The maximum atomic E-state index is 13.4. The SMILES string of the molecule is O=C(NNc1nc2ccccc2s1)Nc1ccc(F)cc1F. The summed E-state index contributed by atoms with van der Waals surface area (Å²) in [7, 11) is 0. The Morgan fingerprint density at radius 2 is 1.95 bits per heavy atom. The normalized spacial score (nSPS) is 10.5. The van der Waals surface area contributed by atoms with Crippen molar-refractivity contribution in [2.45, 2.75) is 0 Å². The predicted molar refractivity (Wildman–Crippen MR) is 81.8 cm³/mol. The Bertz CT molecular complexity index is 804. The summed E-state index contributed by atoms with van der Waals surface area (Å²) in [6.45, 7) is 0. The van der Waals surface area contributed by atoms with E-state index in [1.54, 1.807) is 0 Å². The molecule has 1 aromatic heterocycles. The largest absolute Gasteiger partial charge is 0.337 e. The second-order valence-electron chi connectivity index (χ2n) is 4.32. The average molecular weight is 320 g/mol. The van der Waals surface area contributed by atoms with Crippen molar-refractivity contribution >= 4 is 38.4 Å². The van der Waals surface area contributed by atoms with Gasteiger partial charge in [-0.05, 0) is 24.3 Å². The van der Waals surface area contributed by atoms with Gasteiger partial charge in [0.2, 0.25) is 5.13 Å². The van der Waals surface area contributed by atoms with E-state index in [4.69, 9.17) is 0 Å². The Morgan fingerprint density at radius 1 is 1.14 bits per heavy atom. The molecular formula is C14H10F2N4OS. The van der Waals surface area contributed by atoms with Crippen LogP contribution in [-0.2, 0) is 0 Å². The zero-order chi connectivity index (χ0) is 15.5. The molecule has 0 atom stereocenters. The van der Waals surface area contributed by atoms with E-state index in [1.807, 2.05) is 24.3 Å². The first-order valence-corrected chi connectivity index (χ1v) is 7.07. The number of anilines is 2. The van der Waals surface area contributed by atoms with Crippen molar-refractivity contribution < 1.29 is 13.6 Å². The predicted octanol–water partition coefficient (Wildman–Crippen LogP) is 3.72. The van der Waals surface area contributed by atoms with E-state index < -0.39 is 17.7 Å². The third-order valence-electron chi connectivity index (χ3n) is 2.76. The number of thiazole rings is 1. The highest BCUT2D eigenvalue weighted by molar-refractivity contribution is 7.22. The first-order chi connectivity index (χ1) is 10.6. The number of halogens is 2. The van der Waals surface area contributed by atoms with Gasteiger partial charge in [-0.3, -0.25) is 5.43 Å². The topological polar surface area (TPSA) is 66.0 Å². The van der Waals surface area contributed by atoms with Crippen LogP contribution in [0.1, 0.15) is 0 Å². The van der Waals surface area contributed by atoms with Crippen LogP contribution < -0.4 is 16.2 Å².